The number of rotatable bonds is 3. The number of anilines is 2. The first kappa shape index (κ1) is 16.4. The van der Waals surface area contributed by atoms with Crippen molar-refractivity contribution in [3.05, 3.63) is 47.5 Å². The molecule has 2 aromatic carbocycles. The van der Waals surface area contributed by atoms with Gasteiger partial charge in [-0.2, -0.15) is 0 Å². The number of hydrogen-bond acceptors (Lipinski definition) is 4. The lowest BCUT2D eigenvalue weighted by molar-refractivity contribution is -0.122. The van der Waals surface area contributed by atoms with E-state index in [0.29, 0.717) is 23.7 Å². The standard InChI is InChI=1S/C20H20N2O4/c1-12-4-3-5-13(2)19(12)22-10-14(8-18(22)23)20(24)21-15-6-7-16-17(9-15)26-11-25-16/h3-7,9,14H,8,10-11H2,1-2H3,(H,21,24). The lowest BCUT2D eigenvalue weighted by atomic mass is 10.1. The van der Waals surface area contributed by atoms with Crippen molar-refractivity contribution in [1.29, 1.82) is 0 Å². The maximum Gasteiger partial charge on any atom is 0.231 e. The summed E-state index contributed by atoms with van der Waals surface area (Å²) in [5.41, 5.74) is 3.62. The van der Waals surface area contributed by atoms with E-state index < -0.39 is 0 Å². The highest BCUT2D eigenvalue weighted by atomic mass is 16.7. The summed E-state index contributed by atoms with van der Waals surface area (Å²) in [4.78, 5) is 26.9. The molecule has 0 saturated carbocycles. The molecule has 1 unspecified atom stereocenters. The molecule has 26 heavy (non-hydrogen) atoms. The number of aryl methyl sites for hydroxylation is 2. The Balaban J connectivity index is 1.49. The van der Waals surface area contributed by atoms with E-state index in [2.05, 4.69) is 5.32 Å². The van der Waals surface area contributed by atoms with Gasteiger partial charge >= 0.3 is 0 Å². The molecule has 1 fully saturated rings. The summed E-state index contributed by atoms with van der Waals surface area (Å²) in [6.07, 6.45) is 0.212. The molecule has 1 saturated heterocycles. The first-order chi connectivity index (χ1) is 12.5. The Hall–Kier alpha value is -3.02. The van der Waals surface area contributed by atoms with Crippen LogP contribution < -0.4 is 19.7 Å². The van der Waals surface area contributed by atoms with Crippen LogP contribution in [-0.2, 0) is 9.59 Å². The second-order valence-electron chi connectivity index (χ2n) is 6.70. The van der Waals surface area contributed by atoms with Crippen LogP contribution in [0.4, 0.5) is 11.4 Å². The van der Waals surface area contributed by atoms with Crippen LogP contribution >= 0.6 is 0 Å². The normalized spacial score (nSPS) is 18.3. The number of ether oxygens (including phenoxy) is 2. The van der Waals surface area contributed by atoms with Gasteiger partial charge in [-0.15, -0.1) is 0 Å². The van der Waals surface area contributed by atoms with Crippen molar-refractivity contribution in [2.24, 2.45) is 5.92 Å². The molecular weight excluding hydrogens is 332 g/mol. The van der Waals surface area contributed by atoms with Crippen molar-refractivity contribution in [2.45, 2.75) is 20.3 Å². The van der Waals surface area contributed by atoms with Gasteiger partial charge in [-0.05, 0) is 37.1 Å². The number of carbonyl (C=O) groups is 2. The molecule has 0 radical (unpaired) electrons. The molecule has 2 aliphatic heterocycles. The SMILES string of the molecule is Cc1cccc(C)c1N1CC(C(=O)Nc2ccc3c(c2)OCO3)CC1=O. The fraction of sp³-hybridized carbons (Fsp3) is 0.300. The molecule has 0 spiro atoms. The van der Waals surface area contributed by atoms with Gasteiger partial charge in [0.25, 0.3) is 0 Å². The zero-order valence-corrected chi connectivity index (χ0v) is 14.7. The molecule has 2 aromatic rings. The van der Waals surface area contributed by atoms with Crippen LogP contribution in [0.25, 0.3) is 0 Å². The van der Waals surface area contributed by atoms with E-state index in [9.17, 15) is 9.59 Å². The molecule has 2 amide bonds. The Kier molecular flexibility index (Phi) is 4.03. The summed E-state index contributed by atoms with van der Waals surface area (Å²) >= 11 is 0. The number of para-hydroxylation sites is 1. The zero-order chi connectivity index (χ0) is 18.3. The molecule has 6 heteroatoms. The molecule has 2 aliphatic rings. The third kappa shape index (κ3) is 2.87. The first-order valence-corrected chi connectivity index (χ1v) is 8.60. The van der Waals surface area contributed by atoms with Crippen LogP contribution in [-0.4, -0.2) is 25.2 Å². The summed E-state index contributed by atoms with van der Waals surface area (Å²) < 4.78 is 10.6. The van der Waals surface area contributed by atoms with E-state index in [1.807, 2.05) is 32.0 Å². The van der Waals surface area contributed by atoms with E-state index >= 15 is 0 Å². The smallest absolute Gasteiger partial charge is 0.231 e. The van der Waals surface area contributed by atoms with Crippen molar-refractivity contribution < 1.29 is 19.1 Å². The summed E-state index contributed by atoms with van der Waals surface area (Å²) in [5.74, 6) is 0.717. The second-order valence-corrected chi connectivity index (χ2v) is 6.70. The van der Waals surface area contributed by atoms with Gasteiger partial charge < -0.3 is 19.7 Å². The lowest BCUT2D eigenvalue weighted by Crippen LogP contribution is -2.29. The van der Waals surface area contributed by atoms with Gasteiger partial charge in [-0.3, -0.25) is 9.59 Å². The van der Waals surface area contributed by atoms with Crippen molar-refractivity contribution in [2.75, 3.05) is 23.6 Å². The van der Waals surface area contributed by atoms with Gasteiger partial charge in [0.15, 0.2) is 11.5 Å². The Labute approximate surface area is 151 Å². The third-order valence-corrected chi connectivity index (χ3v) is 4.85. The van der Waals surface area contributed by atoms with Gasteiger partial charge in [0.1, 0.15) is 0 Å². The van der Waals surface area contributed by atoms with Crippen molar-refractivity contribution in [3.63, 3.8) is 0 Å². The van der Waals surface area contributed by atoms with Gasteiger partial charge in [0.05, 0.1) is 5.92 Å². The first-order valence-electron chi connectivity index (χ1n) is 8.60. The number of nitrogens with one attached hydrogen (secondary N) is 1. The predicted molar refractivity (Wildman–Crippen MR) is 97.6 cm³/mol. The van der Waals surface area contributed by atoms with Gasteiger partial charge in [-0.1, -0.05) is 18.2 Å². The monoisotopic (exact) mass is 352 g/mol. The van der Waals surface area contributed by atoms with Crippen LogP contribution in [0.2, 0.25) is 0 Å². The minimum absolute atomic E-state index is 0.0202. The number of fused-ring (bicyclic) bond motifs is 1. The van der Waals surface area contributed by atoms with Crippen molar-refractivity contribution in [1.82, 2.24) is 0 Å². The maximum atomic E-state index is 12.6. The van der Waals surface area contributed by atoms with Crippen LogP contribution in [0, 0.1) is 19.8 Å². The number of hydrogen-bond donors (Lipinski definition) is 1. The Bertz CT molecular complexity index is 873. The molecule has 4 rings (SSSR count). The topological polar surface area (TPSA) is 67.9 Å². The molecule has 6 nitrogen and oxygen atoms in total. The van der Waals surface area contributed by atoms with Crippen LogP contribution in [0.3, 0.4) is 0 Å². The predicted octanol–water partition coefficient (Wildman–Crippen LogP) is 3.02. The molecule has 134 valence electrons. The quantitative estimate of drug-likeness (QED) is 0.922. The number of carbonyl (C=O) groups excluding carboxylic acids is 2. The zero-order valence-electron chi connectivity index (χ0n) is 14.7. The third-order valence-electron chi connectivity index (χ3n) is 4.85. The summed E-state index contributed by atoms with van der Waals surface area (Å²) in [5, 5.41) is 2.88. The van der Waals surface area contributed by atoms with E-state index in [-0.39, 0.29) is 30.9 Å². The minimum atomic E-state index is -0.382. The molecule has 0 aliphatic carbocycles. The number of nitrogens with zero attached hydrogens (tertiary/aromatic N) is 1. The van der Waals surface area contributed by atoms with Gasteiger partial charge in [0, 0.05) is 30.4 Å². The highest BCUT2D eigenvalue weighted by molar-refractivity contribution is 6.04. The molecular formula is C20H20N2O4. The summed E-state index contributed by atoms with van der Waals surface area (Å²) in [6, 6.07) is 11.2. The van der Waals surface area contributed by atoms with E-state index in [1.165, 1.54) is 0 Å². The van der Waals surface area contributed by atoms with E-state index in [1.54, 1.807) is 23.1 Å². The summed E-state index contributed by atoms with van der Waals surface area (Å²) in [7, 11) is 0. The fourth-order valence-corrected chi connectivity index (χ4v) is 3.55. The summed E-state index contributed by atoms with van der Waals surface area (Å²) in [6.45, 7) is 4.54. The second kappa shape index (κ2) is 6.37. The largest absolute Gasteiger partial charge is 0.454 e. The maximum absolute atomic E-state index is 12.6. The van der Waals surface area contributed by atoms with Crippen molar-refractivity contribution in [3.8, 4) is 11.5 Å². The fourth-order valence-electron chi connectivity index (χ4n) is 3.55. The van der Waals surface area contributed by atoms with Gasteiger partial charge in [0.2, 0.25) is 18.6 Å². The van der Waals surface area contributed by atoms with Crippen LogP contribution in [0.15, 0.2) is 36.4 Å². The number of benzene rings is 2. The average molecular weight is 352 g/mol. The Morgan fingerprint density at radius 3 is 2.62 bits per heavy atom. The molecule has 1 N–H and O–H groups in total. The molecule has 0 bridgehead atoms. The van der Waals surface area contributed by atoms with E-state index in [0.717, 1.165) is 16.8 Å². The highest BCUT2D eigenvalue weighted by Crippen LogP contribution is 2.35. The average Bonchev–Trinajstić information content (AvgIpc) is 3.21. The van der Waals surface area contributed by atoms with Crippen LogP contribution in [0.5, 0.6) is 11.5 Å². The Morgan fingerprint density at radius 2 is 1.85 bits per heavy atom. The molecule has 2 heterocycles. The van der Waals surface area contributed by atoms with E-state index in [4.69, 9.17) is 9.47 Å². The van der Waals surface area contributed by atoms with Crippen LogP contribution in [0.1, 0.15) is 17.5 Å². The van der Waals surface area contributed by atoms with Gasteiger partial charge in [-0.25, -0.2) is 0 Å². The molecule has 1 atom stereocenters. The minimum Gasteiger partial charge on any atom is -0.454 e. The Morgan fingerprint density at radius 1 is 1.12 bits per heavy atom. The highest BCUT2D eigenvalue weighted by Gasteiger charge is 2.36. The number of amides is 2. The lowest BCUT2D eigenvalue weighted by Gasteiger charge is -2.21. The van der Waals surface area contributed by atoms with Crippen molar-refractivity contribution >= 4 is 23.2 Å². The molecule has 0 aromatic heterocycles.